The van der Waals surface area contributed by atoms with Gasteiger partial charge in [-0.25, -0.2) is 4.79 Å². The van der Waals surface area contributed by atoms with E-state index in [2.05, 4.69) is 24.2 Å². The van der Waals surface area contributed by atoms with Gasteiger partial charge in [0.2, 0.25) is 0 Å². The van der Waals surface area contributed by atoms with Crippen molar-refractivity contribution in [3.8, 4) is 11.3 Å². The second-order valence-corrected chi connectivity index (χ2v) is 5.20. The maximum atomic E-state index is 11.3. The van der Waals surface area contributed by atoms with Crippen molar-refractivity contribution in [3.63, 3.8) is 0 Å². The summed E-state index contributed by atoms with van der Waals surface area (Å²) in [4.78, 5) is 11.3. The van der Waals surface area contributed by atoms with Crippen LogP contribution in [0.2, 0.25) is 0 Å². The molecule has 0 amide bonds. The number of hydrogen-bond acceptors (Lipinski definition) is 3. The predicted molar refractivity (Wildman–Crippen MR) is 74.0 cm³/mol. The van der Waals surface area contributed by atoms with Crippen molar-refractivity contribution in [2.24, 2.45) is 0 Å². The fourth-order valence-corrected chi connectivity index (χ4v) is 2.83. The van der Waals surface area contributed by atoms with Crippen molar-refractivity contribution in [2.45, 2.75) is 26.8 Å². The Morgan fingerprint density at radius 3 is 2.70 bits per heavy atom. The van der Waals surface area contributed by atoms with E-state index in [9.17, 15) is 9.90 Å². The quantitative estimate of drug-likeness (QED) is 0.762. The van der Waals surface area contributed by atoms with Gasteiger partial charge in [-0.05, 0) is 36.6 Å². The third kappa shape index (κ3) is 1.74. The number of fused-ring (bicyclic) bond motifs is 3. The van der Waals surface area contributed by atoms with Crippen LogP contribution in [0.1, 0.15) is 32.7 Å². The molecular formula is C15H16N2O3. The maximum absolute atomic E-state index is 11.3. The molecule has 1 heterocycles. The molecule has 20 heavy (non-hydrogen) atoms. The number of carbonyl (C=O) groups is 1. The number of aryl methyl sites for hydroxylation is 2. The lowest BCUT2D eigenvalue weighted by Gasteiger charge is -2.08. The second-order valence-electron chi connectivity index (χ2n) is 5.20. The highest BCUT2D eigenvalue weighted by molar-refractivity contribution is 5.92. The molecule has 1 aromatic carbocycles. The van der Waals surface area contributed by atoms with Crippen LogP contribution in [-0.4, -0.2) is 32.6 Å². The minimum atomic E-state index is -1.01. The van der Waals surface area contributed by atoms with E-state index in [1.165, 1.54) is 11.1 Å². The molecule has 0 spiro atoms. The molecule has 3 rings (SSSR count). The van der Waals surface area contributed by atoms with Gasteiger partial charge in [0.05, 0.1) is 18.8 Å². The monoisotopic (exact) mass is 272 g/mol. The Kier molecular flexibility index (Phi) is 2.87. The molecule has 0 saturated heterocycles. The van der Waals surface area contributed by atoms with E-state index in [1.54, 1.807) is 4.68 Å². The molecule has 1 aromatic heterocycles. The van der Waals surface area contributed by atoms with Crippen LogP contribution in [0.4, 0.5) is 0 Å². The zero-order chi connectivity index (χ0) is 14.4. The van der Waals surface area contributed by atoms with Gasteiger partial charge in [0.25, 0.3) is 0 Å². The Labute approximate surface area is 116 Å². The highest BCUT2D eigenvalue weighted by atomic mass is 16.4. The van der Waals surface area contributed by atoms with E-state index in [-0.39, 0.29) is 12.3 Å². The van der Waals surface area contributed by atoms with Crippen molar-refractivity contribution in [2.75, 3.05) is 6.61 Å². The standard InChI is InChI=1S/C15H16N2O3/c1-8-5-10-7-12-13(15(19)20)16-17(3-4-18)14(12)11(10)6-9(8)2/h5-6,18H,3-4,7H2,1-2H3,(H,19,20). The van der Waals surface area contributed by atoms with Crippen molar-refractivity contribution in [1.82, 2.24) is 9.78 Å². The van der Waals surface area contributed by atoms with E-state index in [1.807, 2.05) is 6.92 Å². The van der Waals surface area contributed by atoms with Crippen LogP contribution in [-0.2, 0) is 13.0 Å². The second kappa shape index (κ2) is 4.45. The Balaban J connectivity index is 2.24. The van der Waals surface area contributed by atoms with Crippen LogP contribution >= 0.6 is 0 Å². The number of benzene rings is 1. The first-order valence-electron chi connectivity index (χ1n) is 6.57. The molecule has 0 fully saturated rings. The number of aliphatic hydroxyl groups is 1. The number of carboxylic acid groups (broad SMARTS) is 1. The molecule has 0 saturated carbocycles. The SMILES string of the molecule is Cc1cc2c(cc1C)-c1c(c(C(=O)O)nn1CCO)C2. The molecule has 0 atom stereocenters. The summed E-state index contributed by atoms with van der Waals surface area (Å²) in [7, 11) is 0. The Morgan fingerprint density at radius 1 is 1.35 bits per heavy atom. The number of aliphatic hydroxyl groups excluding tert-OH is 1. The topological polar surface area (TPSA) is 75.3 Å². The summed E-state index contributed by atoms with van der Waals surface area (Å²) in [5.74, 6) is -1.01. The molecule has 5 nitrogen and oxygen atoms in total. The van der Waals surface area contributed by atoms with Crippen LogP contribution in [0.15, 0.2) is 12.1 Å². The van der Waals surface area contributed by atoms with Crippen LogP contribution in [0, 0.1) is 13.8 Å². The van der Waals surface area contributed by atoms with Crippen LogP contribution < -0.4 is 0 Å². The maximum Gasteiger partial charge on any atom is 0.356 e. The number of hydrogen-bond donors (Lipinski definition) is 2. The largest absolute Gasteiger partial charge is 0.476 e. The van der Waals surface area contributed by atoms with Crippen molar-refractivity contribution >= 4 is 5.97 Å². The summed E-state index contributed by atoms with van der Waals surface area (Å²) in [6, 6.07) is 4.19. The van der Waals surface area contributed by atoms with Crippen LogP contribution in [0.5, 0.6) is 0 Å². The highest BCUT2D eigenvalue weighted by Crippen LogP contribution is 2.39. The lowest BCUT2D eigenvalue weighted by atomic mass is 10.0. The molecule has 104 valence electrons. The van der Waals surface area contributed by atoms with Gasteiger partial charge in [-0.2, -0.15) is 5.10 Å². The van der Waals surface area contributed by atoms with E-state index in [0.717, 1.165) is 22.4 Å². The molecule has 0 unspecified atom stereocenters. The predicted octanol–water partition coefficient (Wildman–Crippen LogP) is 1.76. The van der Waals surface area contributed by atoms with Crippen molar-refractivity contribution in [3.05, 3.63) is 40.1 Å². The third-order valence-corrected chi connectivity index (χ3v) is 3.91. The Bertz CT molecular complexity index is 716. The first-order valence-corrected chi connectivity index (χ1v) is 6.57. The zero-order valence-corrected chi connectivity index (χ0v) is 11.5. The smallest absolute Gasteiger partial charge is 0.356 e. The van der Waals surface area contributed by atoms with Gasteiger partial charge in [0.1, 0.15) is 0 Å². The zero-order valence-electron chi connectivity index (χ0n) is 11.5. The molecule has 0 bridgehead atoms. The Morgan fingerprint density at radius 2 is 2.05 bits per heavy atom. The molecular weight excluding hydrogens is 256 g/mol. The van der Waals surface area contributed by atoms with Crippen molar-refractivity contribution < 1.29 is 15.0 Å². The number of aromatic nitrogens is 2. The van der Waals surface area contributed by atoms with Gasteiger partial charge >= 0.3 is 5.97 Å². The number of carboxylic acids is 1. The van der Waals surface area contributed by atoms with Crippen LogP contribution in [0.3, 0.4) is 0 Å². The lowest BCUT2D eigenvalue weighted by molar-refractivity contribution is 0.0688. The minimum Gasteiger partial charge on any atom is -0.476 e. The van der Waals surface area contributed by atoms with Gasteiger partial charge in [-0.15, -0.1) is 0 Å². The lowest BCUT2D eigenvalue weighted by Crippen LogP contribution is -2.08. The molecule has 1 aliphatic rings. The van der Waals surface area contributed by atoms with Gasteiger partial charge in [0.15, 0.2) is 5.69 Å². The van der Waals surface area contributed by atoms with E-state index >= 15 is 0 Å². The molecule has 5 heteroatoms. The average Bonchev–Trinajstić information content (AvgIpc) is 2.89. The van der Waals surface area contributed by atoms with Crippen LogP contribution in [0.25, 0.3) is 11.3 Å². The normalized spacial score (nSPS) is 12.3. The van der Waals surface area contributed by atoms with Gasteiger partial charge < -0.3 is 10.2 Å². The molecule has 0 radical (unpaired) electrons. The summed E-state index contributed by atoms with van der Waals surface area (Å²) in [5.41, 5.74) is 6.24. The molecule has 2 N–H and O–H groups in total. The third-order valence-electron chi connectivity index (χ3n) is 3.91. The van der Waals surface area contributed by atoms with Gasteiger partial charge in [0, 0.05) is 17.5 Å². The summed E-state index contributed by atoms with van der Waals surface area (Å²) in [5, 5.41) is 22.5. The van der Waals surface area contributed by atoms with E-state index in [0.29, 0.717) is 13.0 Å². The molecule has 2 aromatic rings. The highest BCUT2D eigenvalue weighted by Gasteiger charge is 2.30. The molecule has 1 aliphatic carbocycles. The Hall–Kier alpha value is -2.14. The fourth-order valence-electron chi connectivity index (χ4n) is 2.83. The number of rotatable bonds is 3. The summed E-state index contributed by atoms with van der Waals surface area (Å²) in [6.07, 6.45) is 0.596. The van der Waals surface area contributed by atoms with E-state index < -0.39 is 5.97 Å². The van der Waals surface area contributed by atoms with Gasteiger partial charge in [-0.3, -0.25) is 4.68 Å². The average molecular weight is 272 g/mol. The molecule has 0 aliphatic heterocycles. The van der Waals surface area contributed by atoms with Crippen molar-refractivity contribution in [1.29, 1.82) is 0 Å². The van der Waals surface area contributed by atoms with E-state index in [4.69, 9.17) is 5.11 Å². The minimum absolute atomic E-state index is 0.0621. The number of aromatic carboxylic acids is 1. The first kappa shape index (κ1) is 12.9. The van der Waals surface area contributed by atoms with Gasteiger partial charge in [-0.1, -0.05) is 6.07 Å². The first-order chi connectivity index (χ1) is 9.52. The summed E-state index contributed by atoms with van der Waals surface area (Å²) in [6.45, 7) is 4.34. The number of nitrogens with zero attached hydrogens (tertiary/aromatic N) is 2. The fraction of sp³-hybridized carbons (Fsp3) is 0.333. The summed E-state index contributed by atoms with van der Waals surface area (Å²) < 4.78 is 1.61. The summed E-state index contributed by atoms with van der Waals surface area (Å²) >= 11 is 0.